The first kappa shape index (κ1) is 19.1. The summed E-state index contributed by atoms with van der Waals surface area (Å²) in [5.41, 5.74) is 0.896. The summed E-state index contributed by atoms with van der Waals surface area (Å²) < 4.78 is 27.9. The first-order valence-electron chi connectivity index (χ1n) is 7.98. The van der Waals surface area contributed by atoms with Crippen molar-refractivity contribution in [2.24, 2.45) is 5.92 Å². The van der Waals surface area contributed by atoms with Gasteiger partial charge in [0.1, 0.15) is 0 Å². The van der Waals surface area contributed by atoms with Gasteiger partial charge in [0.05, 0.1) is 11.5 Å². The molecule has 1 aromatic rings. The molecule has 7 nitrogen and oxygen atoms in total. The number of anilines is 1. The number of benzene rings is 1. The Hall–Kier alpha value is -2.22. The second-order valence-corrected chi connectivity index (χ2v) is 8.46. The van der Waals surface area contributed by atoms with Crippen LogP contribution in [0.3, 0.4) is 0 Å². The Morgan fingerprint density at radius 3 is 2.64 bits per heavy atom. The minimum absolute atomic E-state index is 0.0134. The molecule has 1 N–H and O–H groups in total. The summed E-state index contributed by atoms with van der Waals surface area (Å²) in [7, 11) is -3.05. The molecule has 25 heavy (non-hydrogen) atoms. The van der Waals surface area contributed by atoms with Crippen LogP contribution >= 0.6 is 0 Å². The predicted octanol–water partition coefficient (Wildman–Crippen LogP) is 1.58. The van der Waals surface area contributed by atoms with E-state index in [-0.39, 0.29) is 29.6 Å². The molecule has 2 atom stereocenters. The first-order chi connectivity index (χ1) is 11.7. The van der Waals surface area contributed by atoms with Crippen LogP contribution < -0.4 is 5.32 Å². The van der Waals surface area contributed by atoms with Gasteiger partial charge in [-0.05, 0) is 38.3 Å². The van der Waals surface area contributed by atoms with Gasteiger partial charge in [-0.15, -0.1) is 0 Å². The van der Waals surface area contributed by atoms with Gasteiger partial charge in [-0.2, -0.15) is 0 Å². The van der Waals surface area contributed by atoms with E-state index < -0.39 is 27.8 Å². The van der Waals surface area contributed by atoms with Crippen LogP contribution in [0.1, 0.15) is 37.0 Å². The van der Waals surface area contributed by atoms with E-state index in [0.29, 0.717) is 17.7 Å². The van der Waals surface area contributed by atoms with Crippen LogP contribution in [0, 0.1) is 5.92 Å². The highest BCUT2D eigenvalue weighted by atomic mass is 32.2. The number of carbonyl (C=O) groups is 3. The first-order valence-corrected chi connectivity index (χ1v) is 9.80. The van der Waals surface area contributed by atoms with E-state index in [2.05, 4.69) is 5.32 Å². The maximum Gasteiger partial charge on any atom is 0.306 e. The number of ether oxygens (including phenoxy) is 1. The molecular weight excluding hydrogens is 346 g/mol. The Kier molecular flexibility index (Phi) is 5.94. The fourth-order valence-electron chi connectivity index (χ4n) is 2.63. The molecule has 8 heteroatoms. The molecular formula is C17H21NO6S. The average Bonchev–Trinajstić information content (AvgIpc) is 2.85. The Morgan fingerprint density at radius 1 is 1.32 bits per heavy atom. The van der Waals surface area contributed by atoms with Gasteiger partial charge in [0.15, 0.2) is 21.7 Å². The highest BCUT2D eigenvalue weighted by Gasteiger charge is 2.30. The second kappa shape index (κ2) is 7.77. The third-order valence-electron chi connectivity index (χ3n) is 4.00. The van der Waals surface area contributed by atoms with Crippen LogP contribution in [0.2, 0.25) is 0 Å². The van der Waals surface area contributed by atoms with E-state index in [4.69, 9.17) is 4.74 Å². The zero-order valence-electron chi connectivity index (χ0n) is 14.2. The van der Waals surface area contributed by atoms with Crippen molar-refractivity contribution in [2.75, 3.05) is 16.8 Å². The van der Waals surface area contributed by atoms with E-state index in [1.165, 1.54) is 19.9 Å². The lowest BCUT2D eigenvalue weighted by molar-refractivity contribution is -0.153. The normalized spacial score (nSPS) is 19.8. The summed E-state index contributed by atoms with van der Waals surface area (Å²) in [5, 5.41) is 2.58. The third kappa shape index (κ3) is 5.67. The van der Waals surface area contributed by atoms with Crippen LogP contribution in [-0.4, -0.2) is 43.7 Å². The molecule has 1 amide bonds. The number of carbonyl (C=O) groups excluding carboxylic acids is 3. The van der Waals surface area contributed by atoms with Crippen LogP contribution in [0.15, 0.2) is 24.3 Å². The lowest BCUT2D eigenvalue weighted by Gasteiger charge is -2.15. The summed E-state index contributed by atoms with van der Waals surface area (Å²) >= 11 is 0. The van der Waals surface area contributed by atoms with E-state index in [1.54, 1.807) is 18.2 Å². The lowest BCUT2D eigenvalue weighted by Crippen LogP contribution is -2.30. The third-order valence-corrected chi connectivity index (χ3v) is 5.83. The van der Waals surface area contributed by atoms with Gasteiger partial charge in [-0.3, -0.25) is 14.4 Å². The van der Waals surface area contributed by atoms with Crippen molar-refractivity contribution in [1.82, 2.24) is 0 Å². The highest BCUT2D eigenvalue weighted by molar-refractivity contribution is 7.91. The van der Waals surface area contributed by atoms with Crippen molar-refractivity contribution in [3.8, 4) is 0 Å². The Morgan fingerprint density at radius 2 is 2.04 bits per heavy atom. The predicted molar refractivity (Wildman–Crippen MR) is 92.0 cm³/mol. The Balaban J connectivity index is 1.86. The molecule has 1 fully saturated rings. The molecule has 1 saturated heterocycles. The van der Waals surface area contributed by atoms with E-state index >= 15 is 0 Å². The van der Waals surface area contributed by atoms with E-state index in [1.807, 2.05) is 0 Å². The smallest absolute Gasteiger partial charge is 0.306 e. The Labute approximate surface area is 146 Å². The standard InChI is InChI=1S/C17H21NO6S/c1-11(19)14-4-3-5-15(9-14)18-17(21)12(2)24-16(20)8-13-6-7-25(22,23)10-13/h3-5,9,12-13H,6-8,10H2,1-2H3,(H,18,21)/t12-,13+/m0/s1. The van der Waals surface area contributed by atoms with Gasteiger partial charge in [0.25, 0.3) is 5.91 Å². The zero-order valence-corrected chi connectivity index (χ0v) is 15.0. The number of nitrogens with one attached hydrogen (secondary N) is 1. The quantitative estimate of drug-likeness (QED) is 0.604. The largest absolute Gasteiger partial charge is 0.453 e. The van der Waals surface area contributed by atoms with Gasteiger partial charge in [-0.25, -0.2) is 8.42 Å². The molecule has 0 spiro atoms. The number of Topliss-reactive ketones (excluding diaryl/α,β-unsaturated/α-hetero) is 1. The number of sulfone groups is 1. The second-order valence-electron chi connectivity index (χ2n) is 6.23. The van der Waals surface area contributed by atoms with Crippen LogP contribution in [0.25, 0.3) is 0 Å². The van der Waals surface area contributed by atoms with Gasteiger partial charge in [0, 0.05) is 17.7 Å². The highest BCUT2D eigenvalue weighted by Crippen LogP contribution is 2.22. The number of esters is 1. The van der Waals surface area contributed by atoms with Gasteiger partial charge in [-0.1, -0.05) is 12.1 Å². The maximum atomic E-state index is 12.1. The monoisotopic (exact) mass is 367 g/mol. The molecule has 136 valence electrons. The summed E-state index contributed by atoms with van der Waals surface area (Å²) in [4.78, 5) is 35.3. The maximum absolute atomic E-state index is 12.1. The minimum Gasteiger partial charge on any atom is -0.453 e. The average molecular weight is 367 g/mol. The molecule has 0 aliphatic carbocycles. The van der Waals surface area contributed by atoms with E-state index in [0.717, 1.165) is 0 Å². The van der Waals surface area contributed by atoms with Crippen LogP contribution in [0.5, 0.6) is 0 Å². The molecule has 0 saturated carbocycles. The lowest BCUT2D eigenvalue weighted by atomic mass is 10.1. The molecule has 1 aliphatic rings. The van der Waals surface area contributed by atoms with Crippen molar-refractivity contribution in [3.05, 3.63) is 29.8 Å². The minimum atomic E-state index is -3.05. The fraction of sp³-hybridized carbons (Fsp3) is 0.471. The number of hydrogen-bond donors (Lipinski definition) is 1. The Bertz CT molecular complexity index is 786. The number of rotatable bonds is 6. The van der Waals surface area contributed by atoms with Gasteiger partial charge < -0.3 is 10.1 Å². The summed E-state index contributed by atoms with van der Waals surface area (Å²) in [6.07, 6.45) is -0.599. The van der Waals surface area contributed by atoms with E-state index in [9.17, 15) is 22.8 Å². The topological polar surface area (TPSA) is 107 Å². The van der Waals surface area contributed by atoms with Crippen molar-refractivity contribution < 1.29 is 27.5 Å². The molecule has 1 heterocycles. The van der Waals surface area contributed by atoms with Crippen molar-refractivity contribution in [2.45, 2.75) is 32.8 Å². The number of ketones is 1. The van der Waals surface area contributed by atoms with Crippen molar-refractivity contribution in [3.63, 3.8) is 0 Å². The van der Waals surface area contributed by atoms with Crippen molar-refractivity contribution in [1.29, 1.82) is 0 Å². The molecule has 1 aromatic carbocycles. The zero-order chi connectivity index (χ0) is 18.6. The fourth-order valence-corrected chi connectivity index (χ4v) is 4.49. The summed E-state index contributed by atoms with van der Waals surface area (Å²) in [6.45, 7) is 2.86. The summed E-state index contributed by atoms with van der Waals surface area (Å²) in [5.74, 6) is -1.41. The van der Waals surface area contributed by atoms with Crippen molar-refractivity contribution >= 4 is 33.2 Å². The molecule has 1 aliphatic heterocycles. The molecule has 0 aromatic heterocycles. The van der Waals surface area contributed by atoms with Crippen LogP contribution in [0.4, 0.5) is 5.69 Å². The molecule has 0 unspecified atom stereocenters. The number of amides is 1. The molecule has 2 rings (SSSR count). The number of hydrogen-bond acceptors (Lipinski definition) is 6. The summed E-state index contributed by atoms with van der Waals surface area (Å²) in [6, 6.07) is 6.45. The molecule has 0 radical (unpaired) electrons. The van der Waals surface area contributed by atoms with Gasteiger partial charge >= 0.3 is 5.97 Å². The van der Waals surface area contributed by atoms with Crippen LogP contribution in [-0.2, 0) is 24.2 Å². The molecule has 0 bridgehead atoms. The van der Waals surface area contributed by atoms with Gasteiger partial charge in [0.2, 0.25) is 0 Å². The SMILES string of the molecule is CC(=O)c1cccc(NC(=O)[C@H](C)OC(=O)C[C@H]2CCS(=O)(=O)C2)c1.